The van der Waals surface area contributed by atoms with Gasteiger partial charge < -0.3 is 20.0 Å². The molecule has 1 fully saturated rings. The van der Waals surface area contributed by atoms with E-state index < -0.39 is 61.7 Å². The third-order valence-electron chi connectivity index (χ3n) is 4.88. The van der Waals surface area contributed by atoms with E-state index in [4.69, 9.17) is 4.42 Å². The van der Waals surface area contributed by atoms with Crippen molar-refractivity contribution < 1.29 is 42.1 Å². The molecule has 2 aromatic rings. The second-order valence-electron chi connectivity index (χ2n) is 7.02. The Hall–Kier alpha value is -3.42. The Bertz CT molecular complexity index is 1310. The van der Waals surface area contributed by atoms with Crippen LogP contribution in [0.2, 0.25) is 0 Å². The zero-order valence-electron chi connectivity index (χ0n) is 17.1. The minimum absolute atomic E-state index is 0.00293. The topological polar surface area (TPSA) is 241 Å². The number of rotatable bonds is 9. The van der Waals surface area contributed by atoms with E-state index in [0.717, 1.165) is 28.4 Å². The standard InChI is InChI=1S/C16H15N7O9S3/c24-12(9(20-28)7-2-1-3-32-7)17-10-13(25)23-11(15(26)27)6(4-33-14(10)23)8(5-35(29,30)31)34-16-18-21-22-19-16/h1-3,8,10,14,28H,4-5H2,(H,17,24)(H,26,27)(H,29,30,31)(H,18,19,21,22)/t8?,10?,14-/m0/s1. The zero-order chi connectivity index (χ0) is 25.3. The van der Waals surface area contributed by atoms with Crippen molar-refractivity contribution in [1.82, 2.24) is 30.8 Å². The Balaban J connectivity index is 1.60. The van der Waals surface area contributed by atoms with E-state index in [-0.39, 0.29) is 22.2 Å². The van der Waals surface area contributed by atoms with Crippen LogP contribution in [0.3, 0.4) is 0 Å². The first-order chi connectivity index (χ1) is 16.6. The predicted molar refractivity (Wildman–Crippen MR) is 117 cm³/mol. The number of carboxylic acids is 1. The Morgan fingerprint density at radius 1 is 1.46 bits per heavy atom. The number of thioether (sulfide) groups is 2. The number of aromatic nitrogens is 4. The van der Waals surface area contributed by atoms with Gasteiger partial charge in [0.25, 0.3) is 21.9 Å². The van der Waals surface area contributed by atoms with Gasteiger partial charge in [-0.1, -0.05) is 16.9 Å². The van der Waals surface area contributed by atoms with E-state index in [1.165, 1.54) is 18.4 Å². The summed E-state index contributed by atoms with van der Waals surface area (Å²) in [5, 5.41) is 35.2. The molecule has 0 bridgehead atoms. The van der Waals surface area contributed by atoms with Gasteiger partial charge in [-0.05, 0) is 22.9 Å². The molecule has 19 heteroatoms. The molecule has 0 radical (unpaired) electrons. The SMILES string of the molecule is O=C(O)C1=C(C(CS(=O)(=O)O)Sc2nn[nH]n2)CS[C@H]2C(NC(=O)C(=NO)c3ccco3)C(=O)N12. The van der Waals surface area contributed by atoms with Crippen LogP contribution in [0, 0.1) is 0 Å². The summed E-state index contributed by atoms with van der Waals surface area (Å²) in [5.74, 6) is -4.19. The van der Waals surface area contributed by atoms with Gasteiger partial charge in [0.15, 0.2) is 5.76 Å². The van der Waals surface area contributed by atoms with Crippen LogP contribution < -0.4 is 5.32 Å². The number of hydrogen-bond acceptors (Lipinski definition) is 13. The van der Waals surface area contributed by atoms with E-state index in [9.17, 15) is 37.7 Å². The van der Waals surface area contributed by atoms with Crippen molar-refractivity contribution in [2.75, 3.05) is 11.5 Å². The summed E-state index contributed by atoms with van der Waals surface area (Å²) in [6, 6.07) is 1.68. The van der Waals surface area contributed by atoms with Crippen LogP contribution in [0.5, 0.6) is 0 Å². The van der Waals surface area contributed by atoms with Crippen molar-refractivity contribution in [3.63, 3.8) is 0 Å². The number of oxime groups is 1. The molecule has 186 valence electrons. The highest BCUT2D eigenvalue weighted by Crippen LogP contribution is 2.43. The Kier molecular flexibility index (Phi) is 6.83. The van der Waals surface area contributed by atoms with Crippen LogP contribution in [-0.2, 0) is 24.5 Å². The molecule has 16 nitrogen and oxygen atoms in total. The zero-order valence-corrected chi connectivity index (χ0v) is 19.6. The number of aliphatic carboxylic acids is 1. The van der Waals surface area contributed by atoms with Gasteiger partial charge in [0.05, 0.1) is 17.3 Å². The highest BCUT2D eigenvalue weighted by Gasteiger charge is 2.55. The van der Waals surface area contributed by atoms with Gasteiger partial charge in [0.2, 0.25) is 10.9 Å². The summed E-state index contributed by atoms with van der Waals surface area (Å²) in [5.41, 5.74) is -0.921. The molecule has 0 spiro atoms. The summed E-state index contributed by atoms with van der Waals surface area (Å²) < 4.78 is 37.6. The molecule has 35 heavy (non-hydrogen) atoms. The fourth-order valence-electron chi connectivity index (χ4n) is 3.45. The van der Waals surface area contributed by atoms with Crippen LogP contribution in [-0.4, -0.2) is 100 Å². The number of furan rings is 1. The normalized spacial score (nSPS) is 21.3. The van der Waals surface area contributed by atoms with E-state index in [2.05, 4.69) is 31.1 Å². The number of carboxylic acid groups (broad SMARTS) is 1. The van der Waals surface area contributed by atoms with Gasteiger partial charge in [-0.15, -0.1) is 22.0 Å². The molecule has 5 N–H and O–H groups in total. The molecule has 4 rings (SSSR count). The van der Waals surface area contributed by atoms with Crippen LogP contribution in [0.1, 0.15) is 5.76 Å². The molecule has 2 aliphatic rings. The lowest BCUT2D eigenvalue weighted by molar-refractivity contribution is -0.150. The first-order valence-electron chi connectivity index (χ1n) is 9.43. The van der Waals surface area contributed by atoms with Gasteiger partial charge in [0.1, 0.15) is 17.1 Å². The van der Waals surface area contributed by atoms with Crippen molar-refractivity contribution in [3.05, 3.63) is 35.4 Å². The fraction of sp³-hybridized carbons (Fsp3) is 0.312. The molecule has 0 aromatic carbocycles. The lowest BCUT2D eigenvalue weighted by atomic mass is 10.0. The number of amides is 2. The number of carbonyl (C=O) groups excluding carboxylic acids is 2. The van der Waals surface area contributed by atoms with E-state index in [1.807, 2.05) is 0 Å². The first kappa shape index (κ1) is 24.7. The van der Waals surface area contributed by atoms with Crippen LogP contribution in [0.25, 0.3) is 0 Å². The fourth-order valence-corrected chi connectivity index (χ4v) is 7.12. The van der Waals surface area contributed by atoms with Crippen LogP contribution in [0.15, 0.2) is 44.4 Å². The van der Waals surface area contributed by atoms with Crippen molar-refractivity contribution in [3.8, 4) is 0 Å². The molecule has 2 aromatic heterocycles. The third kappa shape index (κ3) is 5.01. The quantitative estimate of drug-likeness (QED) is 0.0618. The van der Waals surface area contributed by atoms with Gasteiger partial charge in [-0.3, -0.25) is 19.0 Å². The molecular formula is C16H15N7O9S3. The van der Waals surface area contributed by atoms with Crippen molar-refractivity contribution in [2.45, 2.75) is 21.8 Å². The summed E-state index contributed by atoms with van der Waals surface area (Å²) in [6.07, 6.45) is 1.25. The molecule has 1 saturated heterocycles. The second kappa shape index (κ2) is 9.68. The van der Waals surface area contributed by atoms with Gasteiger partial charge in [-0.25, -0.2) is 4.79 Å². The van der Waals surface area contributed by atoms with Crippen LogP contribution in [0.4, 0.5) is 0 Å². The van der Waals surface area contributed by atoms with Crippen LogP contribution >= 0.6 is 23.5 Å². The van der Waals surface area contributed by atoms with E-state index in [0.29, 0.717) is 0 Å². The predicted octanol–water partition coefficient (Wildman–Crippen LogP) is -1.24. The Morgan fingerprint density at radius 3 is 2.80 bits per heavy atom. The Morgan fingerprint density at radius 2 is 2.23 bits per heavy atom. The van der Waals surface area contributed by atoms with Crippen molar-refractivity contribution in [2.24, 2.45) is 5.16 Å². The number of hydrogen-bond donors (Lipinski definition) is 5. The number of carbonyl (C=O) groups is 3. The average Bonchev–Trinajstić information content (AvgIpc) is 3.50. The third-order valence-corrected chi connectivity index (χ3v) is 8.27. The number of β-lactam (4-membered cyclic amide) rings is 1. The maximum absolute atomic E-state index is 12.9. The maximum atomic E-state index is 12.9. The maximum Gasteiger partial charge on any atom is 0.352 e. The largest absolute Gasteiger partial charge is 0.477 e. The highest BCUT2D eigenvalue weighted by atomic mass is 32.2. The second-order valence-corrected chi connectivity index (χ2v) is 10.8. The highest BCUT2D eigenvalue weighted by molar-refractivity contribution is 8.01. The van der Waals surface area contributed by atoms with E-state index >= 15 is 0 Å². The molecule has 2 aliphatic heterocycles. The van der Waals surface area contributed by atoms with Gasteiger partial charge in [-0.2, -0.15) is 13.6 Å². The van der Waals surface area contributed by atoms with Gasteiger partial charge >= 0.3 is 5.97 Å². The molecule has 4 heterocycles. The number of fused-ring (bicyclic) bond motifs is 1. The lowest BCUT2D eigenvalue weighted by Gasteiger charge is -2.50. The number of tetrazole rings is 1. The molecule has 2 amide bonds. The lowest BCUT2D eigenvalue weighted by Crippen LogP contribution is -2.71. The summed E-state index contributed by atoms with van der Waals surface area (Å²) in [7, 11) is -4.56. The molecule has 0 saturated carbocycles. The molecular weight excluding hydrogens is 530 g/mol. The number of aromatic amines is 1. The minimum atomic E-state index is -4.56. The summed E-state index contributed by atoms with van der Waals surface area (Å²) in [4.78, 5) is 38.5. The van der Waals surface area contributed by atoms with Gasteiger partial charge in [0, 0.05) is 5.75 Å². The van der Waals surface area contributed by atoms with E-state index in [1.54, 1.807) is 0 Å². The average molecular weight is 546 g/mol. The Labute approximate surface area is 203 Å². The van der Waals surface area contributed by atoms with Crippen molar-refractivity contribution >= 4 is 57.1 Å². The number of H-pyrrole nitrogens is 1. The minimum Gasteiger partial charge on any atom is -0.477 e. The first-order valence-corrected chi connectivity index (χ1v) is 13.0. The monoisotopic (exact) mass is 545 g/mol. The number of nitrogens with one attached hydrogen (secondary N) is 2. The van der Waals surface area contributed by atoms with Crippen molar-refractivity contribution in [1.29, 1.82) is 0 Å². The number of nitrogens with zero attached hydrogens (tertiary/aromatic N) is 5. The molecule has 3 atom stereocenters. The molecule has 0 aliphatic carbocycles. The summed E-state index contributed by atoms with van der Waals surface area (Å²) in [6.45, 7) is 0. The summed E-state index contributed by atoms with van der Waals surface area (Å²) >= 11 is 1.81. The molecule has 2 unspecified atom stereocenters. The smallest absolute Gasteiger partial charge is 0.352 e.